The Morgan fingerprint density at radius 2 is 1.85 bits per heavy atom. The molecular weight excluding hydrogens is 274 g/mol. The molecule has 1 aliphatic heterocycles. The summed E-state index contributed by atoms with van der Waals surface area (Å²) in [6.45, 7) is 3.89. The van der Waals surface area contributed by atoms with E-state index in [1.807, 2.05) is 24.3 Å². The van der Waals surface area contributed by atoms with Gasteiger partial charge in [-0.3, -0.25) is 4.90 Å². The zero-order chi connectivity index (χ0) is 14.6. The van der Waals surface area contributed by atoms with Crippen molar-refractivity contribution in [2.75, 3.05) is 49.6 Å². The first-order valence-electron chi connectivity index (χ1n) is 6.64. The van der Waals surface area contributed by atoms with E-state index in [1.54, 1.807) is 0 Å². The highest BCUT2D eigenvalue weighted by molar-refractivity contribution is 7.90. The van der Waals surface area contributed by atoms with E-state index in [0.717, 1.165) is 31.9 Å². The molecule has 0 spiro atoms. The van der Waals surface area contributed by atoms with Crippen molar-refractivity contribution in [3.8, 4) is 6.07 Å². The molecule has 0 bridgehead atoms. The lowest BCUT2D eigenvalue weighted by Crippen LogP contribution is -2.47. The highest BCUT2D eigenvalue weighted by Gasteiger charge is 2.19. The second-order valence-corrected chi connectivity index (χ2v) is 7.35. The fraction of sp³-hybridized carbons (Fsp3) is 0.500. The number of sulfone groups is 1. The molecule has 1 saturated heterocycles. The Labute approximate surface area is 120 Å². The fourth-order valence-electron chi connectivity index (χ4n) is 2.35. The number of piperazine rings is 1. The van der Waals surface area contributed by atoms with Gasteiger partial charge in [0.1, 0.15) is 15.9 Å². The van der Waals surface area contributed by atoms with Crippen LogP contribution in [0.25, 0.3) is 0 Å². The van der Waals surface area contributed by atoms with Crippen molar-refractivity contribution in [1.29, 1.82) is 5.26 Å². The molecular formula is C14H19N3O2S. The molecule has 108 valence electrons. The average molecular weight is 293 g/mol. The van der Waals surface area contributed by atoms with Crippen LogP contribution in [0.1, 0.15) is 5.56 Å². The summed E-state index contributed by atoms with van der Waals surface area (Å²) >= 11 is 0. The van der Waals surface area contributed by atoms with Crippen LogP contribution in [0.4, 0.5) is 5.69 Å². The summed E-state index contributed by atoms with van der Waals surface area (Å²) < 4.78 is 22.3. The summed E-state index contributed by atoms with van der Waals surface area (Å²) in [7, 11) is -2.90. The van der Waals surface area contributed by atoms with E-state index in [2.05, 4.69) is 15.9 Å². The topological polar surface area (TPSA) is 64.4 Å². The maximum atomic E-state index is 11.2. The third-order valence-corrected chi connectivity index (χ3v) is 4.44. The van der Waals surface area contributed by atoms with Gasteiger partial charge in [0.2, 0.25) is 0 Å². The molecule has 0 N–H and O–H groups in total. The molecule has 1 aromatic rings. The van der Waals surface area contributed by atoms with E-state index in [4.69, 9.17) is 5.26 Å². The predicted molar refractivity (Wildman–Crippen MR) is 79.5 cm³/mol. The third kappa shape index (κ3) is 3.95. The van der Waals surface area contributed by atoms with E-state index in [0.29, 0.717) is 12.1 Å². The Kier molecular flexibility index (Phi) is 4.63. The third-order valence-electron chi connectivity index (χ3n) is 3.52. The first-order chi connectivity index (χ1) is 9.49. The Bertz CT molecular complexity index is 599. The highest BCUT2D eigenvalue weighted by Crippen LogP contribution is 2.20. The summed E-state index contributed by atoms with van der Waals surface area (Å²) in [5.74, 6) is 0.210. The van der Waals surface area contributed by atoms with E-state index in [9.17, 15) is 8.42 Å². The molecule has 0 saturated carbocycles. The maximum absolute atomic E-state index is 11.2. The van der Waals surface area contributed by atoms with Crippen LogP contribution in [0.3, 0.4) is 0 Å². The van der Waals surface area contributed by atoms with Gasteiger partial charge in [0, 0.05) is 39.0 Å². The maximum Gasteiger partial charge on any atom is 0.148 e. The van der Waals surface area contributed by atoms with E-state index in [-0.39, 0.29) is 5.75 Å². The van der Waals surface area contributed by atoms with Crippen molar-refractivity contribution >= 4 is 15.5 Å². The van der Waals surface area contributed by atoms with Gasteiger partial charge in [-0.15, -0.1) is 0 Å². The molecule has 5 nitrogen and oxygen atoms in total. The number of hydrogen-bond donors (Lipinski definition) is 0. The molecule has 0 amide bonds. The molecule has 0 aromatic heterocycles. The van der Waals surface area contributed by atoms with E-state index < -0.39 is 9.84 Å². The standard InChI is InChI=1S/C14H19N3O2S/c1-20(18,19)11-10-16-6-8-17(9-7-16)14-5-3-2-4-13(14)12-15/h2-5H,6-11H2,1H3. The van der Waals surface area contributed by atoms with Crippen molar-refractivity contribution < 1.29 is 8.42 Å². The molecule has 1 fully saturated rings. The van der Waals surface area contributed by atoms with Gasteiger partial charge in [-0.05, 0) is 12.1 Å². The highest BCUT2D eigenvalue weighted by atomic mass is 32.2. The minimum Gasteiger partial charge on any atom is -0.368 e. The van der Waals surface area contributed by atoms with Gasteiger partial charge in [0.25, 0.3) is 0 Å². The Morgan fingerprint density at radius 1 is 1.20 bits per heavy atom. The molecule has 0 aliphatic carbocycles. The minimum atomic E-state index is -2.90. The van der Waals surface area contributed by atoms with Crippen LogP contribution < -0.4 is 4.90 Å². The van der Waals surface area contributed by atoms with Gasteiger partial charge >= 0.3 is 0 Å². The summed E-state index contributed by atoms with van der Waals surface area (Å²) in [5, 5.41) is 9.12. The van der Waals surface area contributed by atoms with Crippen LogP contribution in [0.5, 0.6) is 0 Å². The van der Waals surface area contributed by atoms with Crippen LogP contribution in [0.15, 0.2) is 24.3 Å². The number of benzene rings is 1. The smallest absolute Gasteiger partial charge is 0.148 e. The molecule has 1 aliphatic rings. The fourth-order valence-corrected chi connectivity index (χ4v) is 2.94. The van der Waals surface area contributed by atoms with Crippen LogP contribution in [-0.4, -0.2) is 58.1 Å². The van der Waals surface area contributed by atoms with Crippen LogP contribution in [0.2, 0.25) is 0 Å². The number of hydrogen-bond acceptors (Lipinski definition) is 5. The minimum absolute atomic E-state index is 0.210. The number of rotatable bonds is 4. The zero-order valence-corrected chi connectivity index (χ0v) is 12.4. The second kappa shape index (κ2) is 6.25. The van der Waals surface area contributed by atoms with Crippen molar-refractivity contribution in [3.05, 3.63) is 29.8 Å². The first-order valence-corrected chi connectivity index (χ1v) is 8.70. The number of para-hydroxylation sites is 1. The quantitative estimate of drug-likeness (QED) is 0.818. The summed E-state index contributed by atoms with van der Waals surface area (Å²) in [4.78, 5) is 4.35. The average Bonchev–Trinajstić information content (AvgIpc) is 2.45. The van der Waals surface area contributed by atoms with Gasteiger partial charge in [0.05, 0.1) is 17.0 Å². The van der Waals surface area contributed by atoms with Crippen molar-refractivity contribution in [1.82, 2.24) is 4.90 Å². The lowest BCUT2D eigenvalue weighted by Gasteiger charge is -2.36. The summed E-state index contributed by atoms with van der Waals surface area (Å²) in [5.41, 5.74) is 1.66. The van der Waals surface area contributed by atoms with Crippen molar-refractivity contribution in [3.63, 3.8) is 0 Å². The zero-order valence-electron chi connectivity index (χ0n) is 11.6. The normalized spacial score (nSPS) is 16.9. The number of nitriles is 1. The van der Waals surface area contributed by atoms with Gasteiger partial charge in [-0.2, -0.15) is 5.26 Å². The molecule has 1 aromatic carbocycles. The molecule has 0 atom stereocenters. The Hall–Kier alpha value is -1.58. The van der Waals surface area contributed by atoms with Gasteiger partial charge in [0.15, 0.2) is 0 Å². The molecule has 0 unspecified atom stereocenters. The summed E-state index contributed by atoms with van der Waals surface area (Å²) in [6, 6.07) is 9.80. The van der Waals surface area contributed by atoms with Gasteiger partial charge in [-0.25, -0.2) is 8.42 Å². The Balaban J connectivity index is 1.93. The van der Waals surface area contributed by atoms with Gasteiger partial charge < -0.3 is 4.90 Å². The van der Waals surface area contributed by atoms with E-state index in [1.165, 1.54) is 6.26 Å². The number of nitrogens with zero attached hydrogens (tertiary/aromatic N) is 3. The predicted octanol–water partition coefficient (Wildman–Crippen LogP) is 0.725. The lowest BCUT2D eigenvalue weighted by atomic mass is 10.1. The summed E-state index contributed by atoms with van der Waals surface area (Å²) in [6.07, 6.45) is 1.27. The largest absolute Gasteiger partial charge is 0.368 e. The number of anilines is 1. The second-order valence-electron chi connectivity index (χ2n) is 5.09. The van der Waals surface area contributed by atoms with Crippen LogP contribution >= 0.6 is 0 Å². The van der Waals surface area contributed by atoms with Crippen LogP contribution in [-0.2, 0) is 9.84 Å². The lowest BCUT2D eigenvalue weighted by molar-refractivity contribution is 0.272. The molecule has 2 rings (SSSR count). The van der Waals surface area contributed by atoms with Crippen molar-refractivity contribution in [2.24, 2.45) is 0 Å². The molecule has 6 heteroatoms. The molecule has 20 heavy (non-hydrogen) atoms. The Morgan fingerprint density at radius 3 is 2.45 bits per heavy atom. The molecule has 1 heterocycles. The van der Waals surface area contributed by atoms with Crippen molar-refractivity contribution in [2.45, 2.75) is 0 Å². The van der Waals surface area contributed by atoms with E-state index >= 15 is 0 Å². The monoisotopic (exact) mass is 293 g/mol. The first kappa shape index (κ1) is 14.8. The van der Waals surface area contributed by atoms with Gasteiger partial charge in [-0.1, -0.05) is 12.1 Å². The van der Waals surface area contributed by atoms with Crippen LogP contribution in [0, 0.1) is 11.3 Å². The molecule has 0 radical (unpaired) electrons. The SMILES string of the molecule is CS(=O)(=O)CCN1CCN(c2ccccc2C#N)CC1.